The second-order valence-electron chi connectivity index (χ2n) is 5.88. The number of nitrogens with zero attached hydrogens (tertiary/aromatic N) is 6. The first kappa shape index (κ1) is 14.9. The minimum Gasteiger partial charge on any atom is -0.480 e. The van der Waals surface area contributed by atoms with Crippen LogP contribution in [0, 0.1) is 0 Å². The van der Waals surface area contributed by atoms with Gasteiger partial charge in [0.1, 0.15) is 5.65 Å². The van der Waals surface area contributed by atoms with Crippen molar-refractivity contribution in [3.8, 4) is 5.88 Å². The summed E-state index contributed by atoms with van der Waals surface area (Å²) in [6.45, 7) is 4.68. The topological polar surface area (TPSA) is 58.8 Å². The van der Waals surface area contributed by atoms with Gasteiger partial charge < -0.3 is 14.0 Å². The zero-order chi connectivity index (χ0) is 16.4. The van der Waals surface area contributed by atoms with Gasteiger partial charge in [0.25, 0.3) is 0 Å². The lowest BCUT2D eigenvalue weighted by atomic mass is 10.3. The zero-order valence-electron chi connectivity index (χ0n) is 13.7. The van der Waals surface area contributed by atoms with Crippen molar-refractivity contribution in [1.82, 2.24) is 24.3 Å². The molecule has 0 bridgehead atoms. The Kier molecular flexibility index (Phi) is 4.00. The lowest BCUT2D eigenvalue weighted by molar-refractivity contribution is 0.246. The number of hydrogen-bond acceptors (Lipinski definition) is 6. The average Bonchev–Trinajstić information content (AvgIpc) is 3.04. The van der Waals surface area contributed by atoms with E-state index in [1.165, 1.54) is 0 Å². The van der Waals surface area contributed by atoms with Crippen LogP contribution in [0.3, 0.4) is 0 Å². The van der Waals surface area contributed by atoms with E-state index in [2.05, 4.69) is 35.3 Å². The number of methoxy groups -OCH3 is 1. The van der Waals surface area contributed by atoms with Gasteiger partial charge in [-0.3, -0.25) is 9.88 Å². The molecule has 124 valence electrons. The molecule has 7 nitrogen and oxygen atoms in total. The Hall–Kier alpha value is -2.67. The quantitative estimate of drug-likeness (QED) is 0.724. The van der Waals surface area contributed by atoms with E-state index in [9.17, 15) is 0 Å². The van der Waals surface area contributed by atoms with Crippen molar-refractivity contribution < 1.29 is 4.74 Å². The van der Waals surface area contributed by atoms with E-state index >= 15 is 0 Å². The second kappa shape index (κ2) is 6.45. The molecule has 0 spiro atoms. The number of fused-ring (bicyclic) bond motifs is 1. The molecule has 0 atom stereocenters. The van der Waals surface area contributed by atoms with Crippen LogP contribution in [0.5, 0.6) is 5.88 Å². The monoisotopic (exact) mass is 324 g/mol. The minimum atomic E-state index is 0.555. The SMILES string of the molecule is COc1cncc(N2CCN(Cc3cn4ccccc4n3)CC2)n1. The van der Waals surface area contributed by atoms with Crippen molar-refractivity contribution in [2.75, 3.05) is 38.2 Å². The molecular weight excluding hydrogens is 304 g/mol. The first-order valence-electron chi connectivity index (χ1n) is 8.08. The van der Waals surface area contributed by atoms with Gasteiger partial charge in [0.15, 0.2) is 5.82 Å². The average molecular weight is 324 g/mol. The van der Waals surface area contributed by atoms with E-state index in [-0.39, 0.29) is 0 Å². The van der Waals surface area contributed by atoms with Crippen LogP contribution in [-0.2, 0) is 6.54 Å². The second-order valence-corrected chi connectivity index (χ2v) is 5.88. The molecule has 1 aliphatic heterocycles. The van der Waals surface area contributed by atoms with Crippen molar-refractivity contribution in [3.05, 3.63) is 48.7 Å². The van der Waals surface area contributed by atoms with E-state index in [0.717, 1.165) is 49.9 Å². The van der Waals surface area contributed by atoms with Crippen LogP contribution in [0.15, 0.2) is 43.0 Å². The number of imidazole rings is 1. The van der Waals surface area contributed by atoms with Crippen LogP contribution in [-0.4, -0.2) is 57.5 Å². The maximum absolute atomic E-state index is 5.15. The molecule has 0 aromatic carbocycles. The molecule has 0 aliphatic carbocycles. The van der Waals surface area contributed by atoms with E-state index in [1.54, 1.807) is 19.5 Å². The van der Waals surface area contributed by atoms with Crippen molar-refractivity contribution in [2.24, 2.45) is 0 Å². The van der Waals surface area contributed by atoms with Gasteiger partial charge in [0.2, 0.25) is 5.88 Å². The summed E-state index contributed by atoms with van der Waals surface area (Å²) < 4.78 is 7.22. The number of hydrogen-bond donors (Lipinski definition) is 0. The molecule has 3 aromatic rings. The Balaban J connectivity index is 1.38. The molecule has 1 fully saturated rings. The zero-order valence-corrected chi connectivity index (χ0v) is 13.7. The Labute approximate surface area is 140 Å². The third-order valence-electron chi connectivity index (χ3n) is 4.30. The summed E-state index contributed by atoms with van der Waals surface area (Å²) in [5.74, 6) is 1.43. The van der Waals surface area contributed by atoms with E-state index < -0.39 is 0 Å². The number of pyridine rings is 1. The van der Waals surface area contributed by atoms with Crippen molar-refractivity contribution in [1.29, 1.82) is 0 Å². The Morgan fingerprint density at radius 3 is 2.75 bits per heavy atom. The summed E-state index contributed by atoms with van der Waals surface area (Å²) in [7, 11) is 1.61. The fourth-order valence-electron chi connectivity index (χ4n) is 3.02. The van der Waals surface area contributed by atoms with Crippen LogP contribution in [0.1, 0.15) is 5.69 Å². The van der Waals surface area contributed by atoms with Gasteiger partial charge in [-0.15, -0.1) is 0 Å². The highest BCUT2D eigenvalue weighted by molar-refractivity contribution is 5.40. The van der Waals surface area contributed by atoms with Gasteiger partial charge in [-0.25, -0.2) is 4.98 Å². The van der Waals surface area contributed by atoms with Crippen LogP contribution in [0.2, 0.25) is 0 Å². The maximum Gasteiger partial charge on any atom is 0.233 e. The molecule has 0 radical (unpaired) electrons. The number of anilines is 1. The predicted octanol–water partition coefficient (Wildman–Crippen LogP) is 1.46. The minimum absolute atomic E-state index is 0.555. The standard InChI is InChI=1S/C17H20N6O/c1-24-17-11-18-10-16(20-17)22-8-6-21(7-9-22)12-14-13-23-5-3-2-4-15(23)19-14/h2-5,10-11,13H,6-9,12H2,1H3. The maximum atomic E-state index is 5.15. The highest BCUT2D eigenvalue weighted by atomic mass is 16.5. The van der Waals surface area contributed by atoms with Crippen molar-refractivity contribution in [2.45, 2.75) is 6.54 Å². The van der Waals surface area contributed by atoms with Gasteiger partial charge >= 0.3 is 0 Å². The summed E-state index contributed by atoms with van der Waals surface area (Å²) in [5.41, 5.74) is 2.11. The smallest absolute Gasteiger partial charge is 0.233 e. The summed E-state index contributed by atoms with van der Waals surface area (Å²) in [6, 6.07) is 6.06. The largest absolute Gasteiger partial charge is 0.480 e. The molecule has 24 heavy (non-hydrogen) atoms. The molecule has 0 N–H and O–H groups in total. The van der Waals surface area contributed by atoms with Crippen LogP contribution < -0.4 is 9.64 Å². The molecule has 1 aliphatic rings. The van der Waals surface area contributed by atoms with Gasteiger partial charge in [0.05, 0.1) is 25.2 Å². The number of piperazine rings is 1. The van der Waals surface area contributed by atoms with Crippen molar-refractivity contribution >= 4 is 11.5 Å². The van der Waals surface area contributed by atoms with Crippen molar-refractivity contribution in [3.63, 3.8) is 0 Å². The summed E-state index contributed by atoms with van der Waals surface area (Å²) >= 11 is 0. The normalized spacial score (nSPS) is 15.8. The van der Waals surface area contributed by atoms with E-state index in [4.69, 9.17) is 4.74 Å². The molecule has 4 heterocycles. The molecular formula is C17H20N6O. The predicted molar refractivity (Wildman–Crippen MR) is 91.3 cm³/mol. The van der Waals surface area contributed by atoms with Gasteiger partial charge in [-0.05, 0) is 12.1 Å². The Morgan fingerprint density at radius 1 is 1.08 bits per heavy atom. The van der Waals surface area contributed by atoms with Gasteiger partial charge in [-0.2, -0.15) is 4.98 Å². The van der Waals surface area contributed by atoms with E-state index in [1.807, 2.05) is 24.4 Å². The molecule has 1 saturated heterocycles. The lowest BCUT2D eigenvalue weighted by Crippen LogP contribution is -2.46. The summed E-state index contributed by atoms with van der Waals surface area (Å²) in [5, 5.41) is 0. The number of aromatic nitrogens is 4. The molecule has 3 aromatic heterocycles. The first-order valence-corrected chi connectivity index (χ1v) is 8.08. The molecule has 0 saturated carbocycles. The molecule has 0 amide bonds. The Bertz CT molecular complexity index is 792. The summed E-state index contributed by atoms with van der Waals surface area (Å²) in [4.78, 5) is 18.0. The van der Waals surface area contributed by atoms with Crippen LogP contribution in [0.4, 0.5) is 5.82 Å². The fraction of sp³-hybridized carbons (Fsp3) is 0.353. The molecule has 4 rings (SSSR count). The van der Waals surface area contributed by atoms with Gasteiger partial charge in [0, 0.05) is 45.1 Å². The third-order valence-corrected chi connectivity index (χ3v) is 4.30. The van der Waals surface area contributed by atoms with E-state index in [0.29, 0.717) is 5.88 Å². The van der Waals surface area contributed by atoms with Gasteiger partial charge in [-0.1, -0.05) is 6.07 Å². The Morgan fingerprint density at radius 2 is 1.96 bits per heavy atom. The highest BCUT2D eigenvalue weighted by Gasteiger charge is 2.19. The first-order chi connectivity index (χ1) is 11.8. The lowest BCUT2D eigenvalue weighted by Gasteiger charge is -2.34. The van der Waals surface area contributed by atoms with Crippen LogP contribution in [0.25, 0.3) is 5.65 Å². The molecule has 7 heteroatoms. The third kappa shape index (κ3) is 3.03. The fourth-order valence-corrected chi connectivity index (χ4v) is 3.02. The summed E-state index contributed by atoms with van der Waals surface area (Å²) in [6.07, 6.45) is 7.56. The molecule has 0 unspecified atom stereocenters. The van der Waals surface area contributed by atoms with Crippen LogP contribution >= 0.6 is 0 Å². The number of rotatable bonds is 4. The number of ether oxygens (including phenoxy) is 1. The highest BCUT2D eigenvalue weighted by Crippen LogP contribution is 2.17.